The van der Waals surface area contributed by atoms with Gasteiger partial charge in [-0.05, 0) is 19.8 Å². The Hall–Kier alpha value is -0.0400. The molecular formula is C18H38O. The second-order valence-corrected chi connectivity index (χ2v) is 6.01. The molecule has 0 saturated carbocycles. The van der Waals surface area contributed by atoms with Crippen LogP contribution in [0.3, 0.4) is 0 Å². The number of ether oxygens (including phenoxy) is 1. The van der Waals surface area contributed by atoms with E-state index in [0.717, 1.165) is 6.61 Å². The van der Waals surface area contributed by atoms with E-state index in [2.05, 4.69) is 20.8 Å². The van der Waals surface area contributed by atoms with E-state index in [1.165, 1.54) is 83.5 Å². The highest BCUT2D eigenvalue weighted by Gasteiger charge is 2.00. The highest BCUT2D eigenvalue weighted by Crippen LogP contribution is 2.11. The first-order valence-electron chi connectivity index (χ1n) is 8.92. The third kappa shape index (κ3) is 15.9. The van der Waals surface area contributed by atoms with Gasteiger partial charge in [0.1, 0.15) is 0 Å². The molecule has 0 N–H and O–H groups in total. The van der Waals surface area contributed by atoms with Gasteiger partial charge in [0.15, 0.2) is 0 Å². The zero-order valence-electron chi connectivity index (χ0n) is 13.9. The number of hydrogen-bond donors (Lipinski definition) is 0. The summed E-state index contributed by atoms with van der Waals surface area (Å²) in [5.41, 5.74) is 0. The molecule has 0 radical (unpaired) electrons. The van der Waals surface area contributed by atoms with E-state index in [1.807, 2.05) is 0 Å². The van der Waals surface area contributed by atoms with Crippen molar-refractivity contribution in [3.63, 3.8) is 0 Å². The molecule has 1 atom stereocenters. The first-order valence-corrected chi connectivity index (χ1v) is 8.92. The molecule has 0 fully saturated rings. The van der Waals surface area contributed by atoms with E-state index in [4.69, 9.17) is 4.74 Å². The van der Waals surface area contributed by atoms with E-state index >= 15 is 0 Å². The lowest BCUT2D eigenvalue weighted by Crippen LogP contribution is -2.08. The van der Waals surface area contributed by atoms with Crippen molar-refractivity contribution >= 4 is 0 Å². The summed E-state index contributed by atoms with van der Waals surface area (Å²) in [5, 5.41) is 0. The van der Waals surface area contributed by atoms with E-state index in [1.54, 1.807) is 0 Å². The molecule has 0 aliphatic carbocycles. The molecule has 1 unspecified atom stereocenters. The fraction of sp³-hybridized carbons (Fsp3) is 1.00. The van der Waals surface area contributed by atoms with Crippen LogP contribution in [0.4, 0.5) is 0 Å². The van der Waals surface area contributed by atoms with Crippen LogP contribution in [0.15, 0.2) is 0 Å². The standard InChI is InChI=1S/C18H38O/c1-4-6-8-9-10-11-12-13-14-15-17-19-18(3)16-7-5-2/h18H,4-17H2,1-3H3. The lowest BCUT2D eigenvalue weighted by Gasteiger charge is -2.12. The maximum Gasteiger partial charge on any atom is 0.0547 e. The largest absolute Gasteiger partial charge is 0.379 e. The molecule has 0 spiro atoms. The monoisotopic (exact) mass is 270 g/mol. The minimum atomic E-state index is 0.471. The van der Waals surface area contributed by atoms with E-state index in [9.17, 15) is 0 Å². The molecule has 0 aromatic carbocycles. The molecule has 0 rings (SSSR count). The van der Waals surface area contributed by atoms with Crippen LogP contribution in [0.5, 0.6) is 0 Å². The summed E-state index contributed by atoms with van der Waals surface area (Å²) in [4.78, 5) is 0. The van der Waals surface area contributed by atoms with Gasteiger partial charge in [0.25, 0.3) is 0 Å². The van der Waals surface area contributed by atoms with Crippen molar-refractivity contribution < 1.29 is 4.74 Å². The minimum Gasteiger partial charge on any atom is -0.379 e. The summed E-state index contributed by atoms with van der Waals surface area (Å²) in [5.74, 6) is 0. The van der Waals surface area contributed by atoms with Crippen LogP contribution < -0.4 is 0 Å². The van der Waals surface area contributed by atoms with Crippen molar-refractivity contribution in [3.05, 3.63) is 0 Å². The fourth-order valence-corrected chi connectivity index (χ4v) is 2.45. The summed E-state index contributed by atoms with van der Waals surface area (Å²) >= 11 is 0. The van der Waals surface area contributed by atoms with Crippen molar-refractivity contribution in [1.82, 2.24) is 0 Å². The van der Waals surface area contributed by atoms with Crippen LogP contribution in [0.1, 0.15) is 104 Å². The van der Waals surface area contributed by atoms with E-state index in [0.29, 0.717) is 6.10 Å². The van der Waals surface area contributed by atoms with Gasteiger partial charge in [-0.3, -0.25) is 0 Å². The molecule has 0 heterocycles. The molecular weight excluding hydrogens is 232 g/mol. The van der Waals surface area contributed by atoms with Crippen molar-refractivity contribution in [2.45, 2.75) is 110 Å². The fourth-order valence-electron chi connectivity index (χ4n) is 2.45. The van der Waals surface area contributed by atoms with Gasteiger partial charge in [-0.2, -0.15) is 0 Å². The number of hydrogen-bond acceptors (Lipinski definition) is 1. The van der Waals surface area contributed by atoms with Crippen LogP contribution in [-0.4, -0.2) is 12.7 Å². The number of unbranched alkanes of at least 4 members (excludes halogenated alkanes) is 10. The van der Waals surface area contributed by atoms with Gasteiger partial charge < -0.3 is 4.74 Å². The molecule has 0 aromatic rings. The molecule has 19 heavy (non-hydrogen) atoms. The summed E-state index contributed by atoms with van der Waals surface area (Å²) in [6.07, 6.45) is 18.3. The Bertz CT molecular complexity index is 156. The second-order valence-electron chi connectivity index (χ2n) is 6.01. The minimum absolute atomic E-state index is 0.471. The average Bonchev–Trinajstić information content (AvgIpc) is 2.42. The molecule has 0 saturated heterocycles. The van der Waals surface area contributed by atoms with Crippen LogP contribution in [0, 0.1) is 0 Å². The van der Waals surface area contributed by atoms with Gasteiger partial charge in [-0.15, -0.1) is 0 Å². The Labute approximate surface area is 122 Å². The van der Waals surface area contributed by atoms with Gasteiger partial charge in [-0.25, -0.2) is 0 Å². The normalized spacial score (nSPS) is 12.8. The summed E-state index contributed by atoms with van der Waals surface area (Å²) in [7, 11) is 0. The summed E-state index contributed by atoms with van der Waals surface area (Å²) in [6.45, 7) is 7.72. The third-order valence-electron chi connectivity index (χ3n) is 3.86. The first kappa shape index (κ1) is 19.0. The van der Waals surface area contributed by atoms with Crippen LogP contribution >= 0.6 is 0 Å². The summed E-state index contributed by atoms with van der Waals surface area (Å²) < 4.78 is 5.82. The lowest BCUT2D eigenvalue weighted by molar-refractivity contribution is 0.0560. The highest BCUT2D eigenvalue weighted by atomic mass is 16.5. The van der Waals surface area contributed by atoms with Gasteiger partial charge in [-0.1, -0.05) is 84.5 Å². The maximum absolute atomic E-state index is 5.82. The maximum atomic E-state index is 5.82. The Morgan fingerprint density at radius 2 is 1.11 bits per heavy atom. The molecule has 0 bridgehead atoms. The smallest absolute Gasteiger partial charge is 0.0547 e. The zero-order chi connectivity index (χ0) is 14.2. The molecule has 116 valence electrons. The number of rotatable bonds is 15. The van der Waals surface area contributed by atoms with Gasteiger partial charge >= 0.3 is 0 Å². The molecule has 0 aromatic heterocycles. The Balaban J connectivity index is 3.02. The highest BCUT2D eigenvalue weighted by molar-refractivity contribution is 4.51. The van der Waals surface area contributed by atoms with Crippen LogP contribution in [0.2, 0.25) is 0 Å². The molecule has 0 amide bonds. The van der Waals surface area contributed by atoms with Crippen LogP contribution in [0.25, 0.3) is 0 Å². The quantitative estimate of drug-likeness (QED) is 0.308. The predicted molar refractivity (Wildman–Crippen MR) is 86.8 cm³/mol. The topological polar surface area (TPSA) is 9.23 Å². The van der Waals surface area contributed by atoms with Gasteiger partial charge in [0.2, 0.25) is 0 Å². The predicted octanol–water partition coefficient (Wildman–Crippen LogP) is 6.50. The Morgan fingerprint density at radius 3 is 1.63 bits per heavy atom. The van der Waals surface area contributed by atoms with E-state index < -0.39 is 0 Å². The molecule has 1 nitrogen and oxygen atoms in total. The molecule has 1 heteroatoms. The summed E-state index contributed by atoms with van der Waals surface area (Å²) in [6, 6.07) is 0. The molecule has 0 aliphatic heterocycles. The van der Waals surface area contributed by atoms with E-state index in [-0.39, 0.29) is 0 Å². The van der Waals surface area contributed by atoms with Gasteiger partial charge in [0, 0.05) is 6.61 Å². The van der Waals surface area contributed by atoms with Crippen LogP contribution in [-0.2, 0) is 4.74 Å². The second kappa shape index (κ2) is 16.0. The third-order valence-corrected chi connectivity index (χ3v) is 3.86. The zero-order valence-corrected chi connectivity index (χ0v) is 13.9. The molecule has 0 aliphatic rings. The van der Waals surface area contributed by atoms with Gasteiger partial charge in [0.05, 0.1) is 6.10 Å². The Morgan fingerprint density at radius 1 is 0.632 bits per heavy atom. The van der Waals surface area contributed by atoms with Crippen molar-refractivity contribution in [1.29, 1.82) is 0 Å². The van der Waals surface area contributed by atoms with Crippen molar-refractivity contribution in [3.8, 4) is 0 Å². The first-order chi connectivity index (χ1) is 9.31. The van der Waals surface area contributed by atoms with Crippen molar-refractivity contribution in [2.24, 2.45) is 0 Å². The lowest BCUT2D eigenvalue weighted by atomic mass is 10.1. The Kier molecular flexibility index (Phi) is 16.0. The van der Waals surface area contributed by atoms with Crippen molar-refractivity contribution in [2.75, 3.05) is 6.61 Å². The average molecular weight is 271 g/mol. The SMILES string of the molecule is CCCCCCCCCCCCOC(C)CCCC.